The lowest BCUT2D eigenvalue weighted by Gasteiger charge is -2.28. The highest BCUT2D eigenvalue weighted by molar-refractivity contribution is 5.87. The highest BCUT2D eigenvalue weighted by Crippen LogP contribution is 2.31. The Hall–Kier alpha value is -1.75. The lowest BCUT2D eigenvalue weighted by atomic mass is 9.86. The standard InChI is InChI=1S/C21H31N3O2.ClH/c1-14(23-20(25)12-15-6-3-2-4-7-15)21(26)24-19-9-5-8-16-13-17(22)10-11-18(16)19;/h10-11,13-15,19H,2-9,12,22H2,1H3,(H,23,25)(H,24,26);1H. The minimum atomic E-state index is -0.509. The predicted octanol–water partition coefficient (Wildman–Crippen LogP) is 3.66. The molecule has 0 saturated heterocycles. The number of rotatable bonds is 5. The molecule has 1 saturated carbocycles. The van der Waals surface area contributed by atoms with Crippen LogP contribution in [0.2, 0.25) is 0 Å². The molecule has 1 aromatic carbocycles. The molecule has 2 amide bonds. The van der Waals surface area contributed by atoms with Crippen molar-refractivity contribution in [1.29, 1.82) is 0 Å². The van der Waals surface area contributed by atoms with E-state index in [1.54, 1.807) is 6.92 Å². The summed E-state index contributed by atoms with van der Waals surface area (Å²) in [5, 5.41) is 5.99. The Labute approximate surface area is 168 Å². The zero-order valence-corrected chi connectivity index (χ0v) is 16.9. The third kappa shape index (κ3) is 5.86. The van der Waals surface area contributed by atoms with Gasteiger partial charge in [0.25, 0.3) is 0 Å². The number of hydrogen-bond donors (Lipinski definition) is 3. The molecule has 0 radical (unpaired) electrons. The topological polar surface area (TPSA) is 84.2 Å². The first-order valence-corrected chi connectivity index (χ1v) is 10.0. The first-order chi connectivity index (χ1) is 12.5. The smallest absolute Gasteiger partial charge is 0.242 e. The van der Waals surface area contributed by atoms with Crippen LogP contribution in [0.15, 0.2) is 18.2 Å². The van der Waals surface area contributed by atoms with E-state index in [-0.39, 0.29) is 30.3 Å². The molecule has 0 aromatic heterocycles. The molecule has 2 aliphatic rings. The van der Waals surface area contributed by atoms with E-state index < -0.39 is 6.04 Å². The Morgan fingerprint density at radius 1 is 1.15 bits per heavy atom. The van der Waals surface area contributed by atoms with Gasteiger partial charge >= 0.3 is 0 Å². The summed E-state index contributed by atoms with van der Waals surface area (Å²) < 4.78 is 0. The molecule has 1 fully saturated rings. The predicted molar refractivity (Wildman–Crippen MR) is 111 cm³/mol. The molecule has 150 valence electrons. The van der Waals surface area contributed by atoms with E-state index in [9.17, 15) is 9.59 Å². The third-order valence-electron chi connectivity index (χ3n) is 5.77. The lowest BCUT2D eigenvalue weighted by molar-refractivity contribution is -0.129. The maximum Gasteiger partial charge on any atom is 0.242 e. The van der Waals surface area contributed by atoms with Crippen molar-refractivity contribution in [3.63, 3.8) is 0 Å². The molecule has 0 spiro atoms. The summed E-state index contributed by atoms with van der Waals surface area (Å²) in [5.41, 5.74) is 9.01. The van der Waals surface area contributed by atoms with E-state index in [0.29, 0.717) is 12.3 Å². The van der Waals surface area contributed by atoms with Crippen molar-refractivity contribution in [3.8, 4) is 0 Å². The lowest BCUT2D eigenvalue weighted by Crippen LogP contribution is -2.46. The number of carbonyl (C=O) groups excluding carboxylic acids is 2. The van der Waals surface area contributed by atoms with Crippen LogP contribution in [0.4, 0.5) is 5.69 Å². The van der Waals surface area contributed by atoms with E-state index in [2.05, 4.69) is 10.6 Å². The van der Waals surface area contributed by atoms with E-state index in [1.807, 2.05) is 18.2 Å². The van der Waals surface area contributed by atoms with Crippen LogP contribution in [-0.2, 0) is 16.0 Å². The van der Waals surface area contributed by atoms with Crippen LogP contribution in [-0.4, -0.2) is 17.9 Å². The van der Waals surface area contributed by atoms with Crippen molar-refractivity contribution < 1.29 is 9.59 Å². The number of nitrogens with two attached hydrogens (primary N) is 1. The Balaban J connectivity index is 0.00000261. The molecule has 0 aliphatic heterocycles. The number of carbonyl (C=O) groups is 2. The number of fused-ring (bicyclic) bond motifs is 1. The number of anilines is 1. The van der Waals surface area contributed by atoms with Gasteiger partial charge in [-0.2, -0.15) is 0 Å². The fraction of sp³-hybridized carbons (Fsp3) is 0.619. The van der Waals surface area contributed by atoms with Crippen molar-refractivity contribution in [2.75, 3.05) is 5.73 Å². The fourth-order valence-corrected chi connectivity index (χ4v) is 4.30. The Bertz CT molecular complexity index is 659. The summed E-state index contributed by atoms with van der Waals surface area (Å²) in [5.74, 6) is 0.364. The number of nitrogens with one attached hydrogen (secondary N) is 2. The van der Waals surface area contributed by atoms with Crippen LogP contribution in [0, 0.1) is 5.92 Å². The Kier molecular flexibility index (Phi) is 7.96. The summed E-state index contributed by atoms with van der Waals surface area (Å²) in [4.78, 5) is 24.8. The van der Waals surface area contributed by atoms with Gasteiger partial charge in [-0.05, 0) is 68.2 Å². The Morgan fingerprint density at radius 3 is 2.63 bits per heavy atom. The van der Waals surface area contributed by atoms with Gasteiger partial charge in [-0.15, -0.1) is 12.4 Å². The molecule has 2 atom stereocenters. The van der Waals surface area contributed by atoms with Crippen molar-refractivity contribution in [2.45, 2.75) is 76.8 Å². The van der Waals surface area contributed by atoms with Crippen molar-refractivity contribution in [1.82, 2.24) is 10.6 Å². The molecule has 3 rings (SSSR count). The van der Waals surface area contributed by atoms with Crippen LogP contribution in [0.25, 0.3) is 0 Å². The number of aryl methyl sites for hydroxylation is 1. The highest BCUT2D eigenvalue weighted by Gasteiger charge is 2.25. The van der Waals surface area contributed by atoms with E-state index in [0.717, 1.165) is 43.4 Å². The molecule has 5 nitrogen and oxygen atoms in total. The first kappa shape index (κ1) is 21.5. The van der Waals surface area contributed by atoms with Gasteiger partial charge in [-0.1, -0.05) is 25.3 Å². The Morgan fingerprint density at radius 2 is 1.89 bits per heavy atom. The van der Waals surface area contributed by atoms with Crippen LogP contribution >= 0.6 is 12.4 Å². The quantitative estimate of drug-likeness (QED) is 0.667. The average molecular weight is 394 g/mol. The van der Waals surface area contributed by atoms with Crippen LogP contribution in [0.5, 0.6) is 0 Å². The maximum absolute atomic E-state index is 12.6. The summed E-state index contributed by atoms with van der Waals surface area (Å²) >= 11 is 0. The van der Waals surface area contributed by atoms with Gasteiger partial charge in [0.1, 0.15) is 6.04 Å². The molecule has 0 heterocycles. The van der Waals surface area contributed by atoms with Crippen molar-refractivity contribution >= 4 is 29.9 Å². The second-order valence-corrected chi connectivity index (χ2v) is 7.91. The second-order valence-electron chi connectivity index (χ2n) is 7.91. The molecule has 6 heteroatoms. The molecule has 0 bridgehead atoms. The van der Waals surface area contributed by atoms with Crippen molar-refractivity contribution in [2.24, 2.45) is 5.92 Å². The van der Waals surface area contributed by atoms with Gasteiger partial charge < -0.3 is 16.4 Å². The molecule has 2 aliphatic carbocycles. The molecular weight excluding hydrogens is 362 g/mol. The number of halogens is 1. The van der Waals surface area contributed by atoms with E-state index in [1.165, 1.54) is 24.8 Å². The van der Waals surface area contributed by atoms with Crippen LogP contribution < -0.4 is 16.4 Å². The largest absolute Gasteiger partial charge is 0.399 e. The zero-order valence-electron chi connectivity index (χ0n) is 16.1. The minimum absolute atomic E-state index is 0. The van der Waals surface area contributed by atoms with Crippen LogP contribution in [0.1, 0.15) is 75.5 Å². The summed E-state index contributed by atoms with van der Waals surface area (Å²) in [6.07, 6.45) is 9.50. The highest BCUT2D eigenvalue weighted by atomic mass is 35.5. The van der Waals surface area contributed by atoms with Crippen LogP contribution in [0.3, 0.4) is 0 Å². The van der Waals surface area contributed by atoms with Gasteiger partial charge in [0.05, 0.1) is 6.04 Å². The summed E-state index contributed by atoms with van der Waals surface area (Å²) in [7, 11) is 0. The molecule has 2 unspecified atom stereocenters. The van der Waals surface area contributed by atoms with E-state index >= 15 is 0 Å². The SMILES string of the molecule is CC(NC(=O)CC1CCCCC1)C(=O)NC1CCCc2cc(N)ccc21.Cl. The second kappa shape index (κ2) is 9.98. The third-order valence-corrected chi connectivity index (χ3v) is 5.77. The monoisotopic (exact) mass is 393 g/mol. The van der Waals surface area contributed by atoms with Crippen molar-refractivity contribution in [3.05, 3.63) is 29.3 Å². The number of benzene rings is 1. The average Bonchev–Trinajstić information content (AvgIpc) is 2.62. The number of hydrogen-bond acceptors (Lipinski definition) is 3. The van der Waals surface area contributed by atoms with Gasteiger partial charge in [0.2, 0.25) is 11.8 Å². The number of nitrogen functional groups attached to an aromatic ring is 1. The van der Waals surface area contributed by atoms with E-state index in [4.69, 9.17) is 5.73 Å². The first-order valence-electron chi connectivity index (χ1n) is 10.0. The van der Waals surface area contributed by atoms with Gasteiger partial charge in [-0.25, -0.2) is 0 Å². The normalized spacial score (nSPS) is 20.7. The zero-order chi connectivity index (χ0) is 18.5. The maximum atomic E-state index is 12.6. The van der Waals surface area contributed by atoms with Gasteiger partial charge in [-0.3, -0.25) is 9.59 Å². The summed E-state index contributed by atoms with van der Waals surface area (Å²) in [6, 6.07) is 5.40. The molecule has 4 N–H and O–H groups in total. The number of amides is 2. The molecular formula is C21H32ClN3O2. The fourth-order valence-electron chi connectivity index (χ4n) is 4.30. The summed E-state index contributed by atoms with van der Waals surface area (Å²) in [6.45, 7) is 1.76. The van der Waals surface area contributed by atoms with Gasteiger partial charge in [0.15, 0.2) is 0 Å². The molecule has 27 heavy (non-hydrogen) atoms. The minimum Gasteiger partial charge on any atom is -0.399 e. The molecule has 1 aromatic rings. The van der Waals surface area contributed by atoms with Gasteiger partial charge in [0, 0.05) is 12.1 Å².